The van der Waals surface area contributed by atoms with Gasteiger partial charge in [0, 0.05) is 5.56 Å². The van der Waals surface area contributed by atoms with Crippen molar-refractivity contribution in [1.82, 2.24) is 0 Å². The fourth-order valence-electron chi connectivity index (χ4n) is 2.10. The van der Waals surface area contributed by atoms with E-state index >= 15 is 0 Å². The first kappa shape index (κ1) is 18.4. The van der Waals surface area contributed by atoms with Crippen molar-refractivity contribution in [3.05, 3.63) is 65.0 Å². The number of rotatable bonds is 7. The first-order valence-corrected chi connectivity index (χ1v) is 8.00. The van der Waals surface area contributed by atoms with Gasteiger partial charge >= 0.3 is 0 Å². The topological polar surface area (TPSA) is 68.3 Å². The summed E-state index contributed by atoms with van der Waals surface area (Å²) in [6, 6.07) is 13.5. The van der Waals surface area contributed by atoms with E-state index in [4.69, 9.17) is 32.7 Å². The zero-order valence-corrected chi connectivity index (χ0v) is 14.5. The largest absolute Gasteiger partial charge is 0.490 e. The average molecular weight is 356 g/mol. The Balaban J connectivity index is 2.26. The average Bonchev–Trinajstić information content (AvgIpc) is 2.60. The van der Waals surface area contributed by atoms with E-state index in [0.717, 1.165) is 0 Å². The number of nitrogens with two attached hydrogens (primary N) is 1. The summed E-state index contributed by atoms with van der Waals surface area (Å²) in [5.41, 5.74) is 6.86. The first-order valence-electron chi connectivity index (χ1n) is 7.59. The van der Waals surface area contributed by atoms with E-state index in [9.17, 15) is 4.39 Å². The molecule has 0 saturated carbocycles. The van der Waals surface area contributed by atoms with Crippen LogP contribution in [0.1, 0.15) is 18.1 Å². The molecule has 0 aliphatic heterocycles. The quantitative estimate of drug-likeness (QED) is 0.461. The minimum atomic E-state index is -0.324. The van der Waals surface area contributed by atoms with Crippen LogP contribution in [0.15, 0.2) is 48.0 Å². The molecule has 2 aromatic rings. The minimum Gasteiger partial charge on any atom is -0.490 e. The molecule has 0 aliphatic carbocycles. The van der Waals surface area contributed by atoms with Gasteiger partial charge in [0.1, 0.15) is 23.5 Å². The van der Waals surface area contributed by atoms with Gasteiger partial charge in [-0.3, -0.25) is 0 Å². The minimum absolute atomic E-state index is 0.0281. The molecule has 6 heteroatoms. The number of halogens is 1. The lowest BCUT2D eigenvalue weighted by molar-refractivity contribution is 0.266. The smallest absolute Gasteiger partial charge is 0.161 e. The molecule has 128 valence electrons. The monoisotopic (exact) mass is 356 g/mol. The SMILES string of the molecule is CCOc1cc(/C=C(/C#N)C(N)=S)ccc1OCc1ccccc1F. The highest BCUT2D eigenvalue weighted by atomic mass is 32.1. The molecule has 0 aromatic heterocycles. The van der Waals surface area contributed by atoms with E-state index in [2.05, 4.69) is 0 Å². The summed E-state index contributed by atoms with van der Waals surface area (Å²) in [6.45, 7) is 2.36. The molecule has 4 nitrogen and oxygen atoms in total. The summed E-state index contributed by atoms with van der Waals surface area (Å²) >= 11 is 4.83. The molecular formula is C19H17FN2O2S. The Hall–Kier alpha value is -2.91. The van der Waals surface area contributed by atoms with Gasteiger partial charge < -0.3 is 15.2 Å². The lowest BCUT2D eigenvalue weighted by Gasteiger charge is -2.13. The van der Waals surface area contributed by atoms with Crippen LogP contribution in [0.4, 0.5) is 4.39 Å². The van der Waals surface area contributed by atoms with Gasteiger partial charge in [0.2, 0.25) is 0 Å². The van der Waals surface area contributed by atoms with E-state index in [1.54, 1.807) is 42.5 Å². The Kier molecular flexibility index (Phi) is 6.49. The van der Waals surface area contributed by atoms with Crippen LogP contribution in [0.5, 0.6) is 11.5 Å². The lowest BCUT2D eigenvalue weighted by atomic mass is 10.1. The zero-order valence-electron chi connectivity index (χ0n) is 13.7. The second kappa shape index (κ2) is 8.81. The summed E-state index contributed by atoms with van der Waals surface area (Å²) in [4.78, 5) is 0.0281. The van der Waals surface area contributed by atoms with Crippen LogP contribution in [-0.4, -0.2) is 11.6 Å². The number of nitrogens with zero attached hydrogens (tertiary/aromatic N) is 1. The number of benzene rings is 2. The lowest BCUT2D eigenvalue weighted by Crippen LogP contribution is -2.09. The van der Waals surface area contributed by atoms with Crippen molar-refractivity contribution in [3.63, 3.8) is 0 Å². The van der Waals surface area contributed by atoms with Gasteiger partial charge in [-0.05, 0) is 36.8 Å². The van der Waals surface area contributed by atoms with Gasteiger partial charge in [0.15, 0.2) is 11.5 Å². The molecule has 0 spiro atoms. The zero-order chi connectivity index (χ0) is 18.2. The number of nitriles is 1. The van der Waals surface area contributed by atoms with Gasteiger partial charge in [0.05, 0.1) is 12.2 Å². The molecule has 0 aliphatic rings. The van der Waals surface area contributed by atoms with E-state index in [1.165, 1.54) is 6.07 Å². The molecule has 2 N–H and O–H groups in total. The Labute approximate surface area is 151 Å². The number of thiocarbonyl (C=S) groups is 1. The van der Waals surface area contributed by atoms with Crippen LogP contribution in [0.25, 0.3) is 6.08 Å². The maximum atomic E-state index is 13.7. The molecule has 25 heavy (non-hydrogen) atoms. The summed E-state index contributed by atoms with van der Waals surface area (Å²) in [6.07, 6.45) is 1.57. The van der Waals surface area contributed by atoms with E-state index in [1.807, 2.05) is 13.0 Å². The number of hydrogen-bond acceptors (Lipinski definition) is 4. The molecule has 2 rings (SSSR count). The van der Waals surface area contributed by atoms with Crippen LogP contribution < -0.4 is 15.2 Å². The third kappa shape index (κ3) is 5.03. The molecule has 0 unspecified atom stereocenters. The second-order valence-electron chi connectivity index (χ2n) is 5.05. The molecule has 0 heterocycles. The molecular weight excluding hydrogens is 339 g/mol. The highest BCUT2D eigenvalue weighted by Crippen LogP contribution is 2.30. The highest BCUT2D eigenvalue weighted by Gasteiger charge is 2.09. The third-order valence-electron chi connectivity index (χ3n) is 3.31. The standard InChI is InChI=1S/C19H17FN2O2S/c1-2-23-18-10-13(9-15(11-21)19(22)25)7-8-17(18)24-12-14-5-3-4-6-16(14)20/h3-10H,2,12H2,1H3,(H2,22,25)/b15-9-. The fraction of sp³-hybridized carbons (Fsp3) is 0.158. The van der Waals surface area contributed by atoms with Gasteiger partial charge in [0.25, 0.3) is 0 Å². The molecule has 0 bridgehead atoms. The first-order chi connectivity index (χ1) is 12.0. The molecule has 2 aromatic carbocycles. The number of hydrogen-bond donors (Lipinski definition) is 1. The Bertz CT molecular complexity index is 844. The molecule has 0 radical (unpaired) electrons. The molecule has 0 amide bonds. The summed E-state index contributed by atoms with van der Waals surface area (Å²) in [7, 11) is 0. The maximum Gasteiger partial charge on any atom is 0.161 e. The Morgan fingerprint density at radius 1 is 1.24 bits per heavy atom. The van der Waals surface area contributed by atoms with Crippen LogP contribution in [0.3, 0.4) is 0 Å². The maximum absolute atomic E-state index is 13.7. The number of ether oxygens (including phenoxy) is 2. The van der Waals surface area contributed by atoms with Crippen molar-refractivity contribution in [2.45, 2.75) is 13.5 Å². The third-order valence-corrected chi connectivity index (χ3v) is 3.53. The second-order valence-corrected chi connectivity index (χ2v) is 5.49. The molecule has 0 fully saturated rings. The van der Waals surface area contributed by atoms with Gasteiger partial charge in [-0.25, -0.2) is 4.39 Å². The van der Waals surface area contributed by atoms with Crippen LogP contribution in [0, 0.1) is 17.1 Å². The van der Waals surface area contributed by atoms with Crippen molar-refractivity contribution in [1.29, 1.82) is 5.26 Å². The van der Waals surface area contributed by atoms with E-state index in [0.29, 0.717) is 29.2 Å². The Morgan fingerprint density at radius 2 is 2.00 bits per heavy atom. The highest BCUT2D eigenvalue weighted by molar-refractivity contribution is 7.80. The molecule has 0 saturated heterocycles. The Morgan fingerprint density at radius 3 is 2.64 bits per heavy atom. The van der Waals surface area contributed by atoms with Gasteiger partial charge in [-0.2, -0.15) is 5.26 Å². The van der Waals surface area contributed by atoms with Gasteiger partial charge in [-0.15, -0.1) is 0 Å². The fourth-order valence-corrected chi connectivity index (χ4v) is 2.20. The van der Waals surface area contributed by atoms with Crippen molar-refractivity contribution in [2.75, 3.05) is 6.61 Å². The van der Waals surface area contributed by atoms with Crippen LogP contribution >= 0.6 is 12.2 Å². The van der Waals surface area contributed by atoms with E-state index in [-0.39, 0.29) is 23.0 Å². The van der Waals surface area contributed by atoms with E-state index < -0.39 is 0 Å². The van der Waals surface area contributed by atoms with Gasteiger partial charge in [-0.1, -0.05) is 36.5 Å². The van der Waals surface area contributed by atoms with Crippen LogP contribution in [-0.2, 0) is 6.61 Å². The van der Waals surface area contributed by atoms with Crippen molar-refractivity contribution in [2.24, 2.45) is 5.73 Å². The summed E-state index contributed by atoms with van der Waals surface area (Å²) in [5.74, 6) is 0.652. The predicted octanol–water partition coefficient (Wildman–Crippen LogP) is 4.00. The van der Waals surface area contributed by atoms with Crippen molar-refractivity contribution >= 4 is 23.3 Å². The van der Waals surface area contributed by atoms with Crippen LogP contribution in [0.2, 0.25) is 0 Å². The normalized spacial score (nSPS) is 10.8. The molecule has 0 atom stereocenters. The predicted molar refractivity (Wildman–Crippen MR) is 98.7 cm³/mol. The van der Waals surface area contributed by atoms with Crippen molar-refractivity contribution < 1.29 is 13.9 Å². The summed E-state index contributed by atoms with van der Waals surface area (Å²) in [5, 5.41) is 9.04. The van der Waals surface area contributed by atoms with Crippen molar-refractivity contribution in [3.8, 4) is 17.6 Å². The summed E-state index contributed by atoms with van der Waals surface area (Å²) < 4.78 is 25.0.